The zero-order valence-electron chi connectivity index (χ0n) is 12.6. The van der Waals surface area contributed by atoms with Crippen LogP contribution in [0.15, 0.2) is 70.7 Å². The van der Waals surface area contributed by atoms with Gasteiger partial charge in [-0.2, -0.15) is 13.2 Å². The van der Waals surface area contributed by atoms with E-state index in [4.69, 9.17) is 0 Å². The number of aromatic nitrogens is 2. The summed E-state index contributed by atoms with van der Waals surface area (Å²) in [7, 11) is 0. The highest BCUT2D eigenvalue weighted by Crippen LogP contribution is 2.38. The Bertz CT molecular complexity index is 869. The van der Waals surface area contributed by atoms with Gasteiger partial charge in [0.05, 0.1) is 0 Å². The third kappa shape index (κ3) is 4.48. The van der Waals surface area contributed by atoms with Gasteiger partial charge in [-0.1, -0.05) is 36.0 Å². The average Bonchev–Trinajstić information content (AvgIpc) is 2.55. The third-order valence-corrected chi connectivity index (χ3v) is 4.11. The van der Waals surface area contributed by atoms with Gasteiger partial charge in [0.15, 0.2) is 0 Å². The Kier molecular flexibility index (Phi) is 4.89. The van der Waals surface area contributed by atoms with Gasteiger partial charge in [0.2, 0.25) is 5.95 Å². The van der Waals surface area contributed by atoms with E-state index in [0.717, 1.165) is 18.0 Å². The number of halogens is 4. The minimum atomic E-state index is -4.57. The summed E-state index contributed by atoms with van der Waals surface area (Å²) in [4.78, 5) is 8.27. The van der Waals surface area contributed by atoms with Crippen LogP contribution >= 0.6 is 11.8 Å². The lowest BCUT2D eigenvalue weighted by Gasteiger charge is -2.13. The molecule has 0 fully saturated rings. The molecule has 0 bridgehead atoms. The molecule has 0 saturated heterocycles. The van der Waals surface area contributed by atoms with Crippen molar-refractivity contribution < 1.29 is 17.6 Å². The lowest BCUT2D eigenvalue weighted by Crippen LogP contribution is -2.10. The fraction of sp³-hybridized carbons (Fsp3) is 0.0588. The van der Waals surface area contributed by atoms with Crippen LogP contribution in [0.25, 0.3) is 0 Å². The Labute approximate surface area is 145 Å². The molecule has 0 unspecified atom stereocenters. The number of alkyl halides is 3. The molecule has 0 saturated carbocycles. The molecule has 3 rings (SSSR count). The van der Waals surface area contributed by atoms with E-state index in [1.807, 2.05) is 0 Å². The summed E-state index contributed by atoms with van der Waals surface area (Å²) in [6, 6.07) is 14.1. The minimum Gasteiger partial charge on any atom is -0.324 e. The molecule has 3 aromatic rings. The number of rotatable bonds is 4. The van der Waals surface area contributed by atoms with Crippen LogP contribution in [0.2, 0.25) is 0 Å². The summed E-state index contributed by atoms with van der Waals surface area (Å²) < 4.78 is 52.8. The molecule has 8 heteroatoms. The van der Waals surface area contributed by atoms with Crippen LogP contribution < -0.4 is 5.32 Å². The molecule has 1 N–H and O–H groups in total. The Morgan fingerprint density at radius 2 is 1.72 bits per heavy atom. The fourth-order valence-electron chi connectivity index (χ4n) is 1.99. The van der Waals surface area contributed by atoms with Gasteiger partial charge in [-0.25, -0.2) is 14.4 Å². The maximum absolute atomic E-state index is 13.2. The molecule has 0 atom stereocenters. The van der Waals surface area contributed by atoms with Gasteiger partial charge in [-0.3, -0.25) is 0 Å². The Hall–Kier alpha value is -2.61. The van der Waals surface area contributed by atoms with Crippen molar-refractivity contribution in [3.63, 3.8) is 0 Å². The SMILES string of the molecule is Fc1cccc(Nc2ncc(C(F)(F)F)c(Sc3ccccc3)n2)c1. The van der Waals surface area contributed by atoms with Crippen molar-refractivity contribution in [2.24, 2.45) is 0 Å². The largest absolute Gasteiger partial charge is 0.420 e. The number of hydrogen-bond donors (Lipinski definition) is 1. The molecular weight excluding hydrogens is 354 g/mol. The molecule has 0 aliphatic carbocycles. The highest BCUT2D eigenvalue weighted by atomic mass is 32.2. The van der Waals surface area contributed by atoms with Crippen molar-refractivity contribution in [2.45, 2.75) is 16.1 Å². The smallest absolute Gasteiger partial charge is 0.324 e. The third-order valence-electron chi connectivity index (χ3n) is 3.10. The molecule has 0 amide bonds. The number of nitrogens with one attached hydrogen (secondary N) is 1. The van der Waals surface area contributed by atoms with Gasteiger partial charge in [-0.15, -0.1) is 0 Å². The summed E-state index contributed by atoms with van der Waals surface area (Å²) in [6.45, 7) is 0. The number of hydrogen-bond acceptors (Lipinski definition) is 4. The van der Waals surface area contributed by atoms with E-state index in [9.17, 15) is 17.6 Å². The maximum atomic E-state index is 13.2. The van der Waals surface area contributed by atoms with Crippen LogP contribution in [-0.4, -0.2) is 9.97 Å². The Balaban J connectivity index is 1.95. The minimum absolute atomic E-state index is 0.0444. The van der Waals surface area contributed by atoms with Crippen molar-refractivity contribution in [1.29, 1.82) is 0 Å². The van der Waals surface area contributed by atoms with E-state index in [-0.39, 0.29) is 11.0 Å². The summed E-state index contributed by atoms with van der Waals surface area (Å²) in [5.41, 5.74) is -0.582. The predicted octanol–water partition coefficient (Wildman–Crippen LogP) is 5.53. The number of anilines is 2. The highest BCUT2D eigenvalue weighted by molar-refractivity contribution is 7.99. The predicted molar refractivity (Wildman–Crippen MR) is 87.3 cm³/mol. The van der Waals surface area contributed by atoms with E-state index >= 15 is 0 Å². The number of nitrogens with zero attached hydrogens (tertiary/aromatic N) is 2. The molecule has 3 nitrogen and oxygen atoms in total. The average molecular weight is 365 g/mol. The van der Waals surface area contributed by atoms with E-state index in [0.29, 0.717) is 10.6 Å². The van der Waals surface area contributed by atoms with Gasteiger partial charge < -0.3 is 5.32 Å². The van der Waals surface area contributed by atoms with Crippen LogP contribution in [-0.2, 0) is 6.18 Å². The summed E-state index contributed by atoms with van der Waals surface area (Å²) >= 11 is 0.884. The lowest BCUT2D eigenvalue weighted by atomic mass is 10.3. The van der Waals surface area contributed by atoms with Crippen LogP contribution in [0.3, 0.4) is 0 Å². The first-order valence-corrected chi connectivity index (χ1v) is 7.93. The molecule has 0 spiro atoms. The van der Waals surface area contributed by atoms with Gasteiger partial charge in [0, 0.05) is 16.8 Å². The molecule has 25 heavy (non-hydrogen) atoms. The monoisotopic (exact) mass is 365 g/mol. The van der Waals surface area contributed by atoms with Crippen molar-refractivity contribution in [1.82, 2.24) is 9.97 Å². The first kappa shape index (κ1) is 17.2. The zero-order chi connectivity index (χ0) is 17.9. The van der Waals surface area contributed by atoms with E-state index < -0.39 is 17.6 Å². The summed E-state index contributed by atoms with van der Waals surface area (Å²) in [5, 5.41) is 2.48. The summed E-state index contributed by atoms with van der Waals surface area (Å²) in [5.74, 6) is -0.521. The topological polar surface area (TPSA) is 37.8 Å². The fourth-order valence-corrected chi connectivity index (χ4v) is 2.92. The molecule has 0 radical (unpaired) electrons. The van der Waals surface area contributed by atoms with Crippen molar-refractivity contribution in [3.05, 3.63) is 72.2 Å². The molecule has 0 aliphatic heterocycles. The Morgan fingerprint density at radius 3 is 2.40 bits per heavy atom. The van der Waals surface area contributed by atoms with Crippen LogP contribution in [0.1, 0.15) is 5.56 Å². The Morgan fingerprint density at radius 1 is 0.960 bits per heavy atom. The van der Waals surface area contributed by atoms with Gasteiger partial charge in [-0.05, 0) is 30.3 Å². The molecule has 2 aromatic carbocycles. The van der Waals surface area contributed by atoms with E-state index in [2.05, 4.69) is 15.3 Å². The highest BCUT2D eigenvalue weighted by Gasteiger charge is 2.35. The van der Waals surface area contributed by atoms with E-state index in [1.165, 1.54) is 18.2 Å². The standard InChI is InChI=1S/C17H11F4N3S/c18-11-5-4-6-12(9-11)23-16-22-10-14(17(19,20)21)15(24-16)25-13-7-2-1-3-8-13/h1-10H,(H,22,23,24). The molecular formula is C17H11F4N3S. The normalized spacial score (nSPS) is 11.4. The van der Waals surface area contributed by atoms with Gasteiger partial charge >= 0.3 is 6.18 Å². The van der Waals surface area contributed by atoms with Crippen LogP contribution in [0, 0.1) is 5.82 Å². The second-order valence-corrected chi connectivity index (χ2v) is 6.02. The van der Waals surface area contributed by atoms with Crippen LogP contribution in [0.5, 0.6) is 0 Å². The van der Waals surface area contributed by atoms with Crippen molar-refractivity contribution >= 4 is 23.4 Å². The second-order valence-electron chi connectivity index (χ2n) is 4.96. The van der Waals surface area contributed by atoms with Crippen molar-refractivity contribution in [3.8, 4) is 0 Å². The van der Waals surface area contributed by atoms with Gasteiger partial charge in [0.25, 0.3) is 0 Å². The number of benzene rings is 2. The summed E-state index contributed by atoms with van der Waals surface area (Å²) in [6.07, 6.45) is -3.85. The lowest BCUT2D eigenvalue weighted by molar-refractivity contribution is -0.140. The molecule has 1 heterocycles. The quantitative estimate of drug-likeness (QED) is 0.487. The van der Waals surface area contributed by atoms with E-state index in [1.54, 1.807) is 36.4 Å². The zero-order valence-corrected chi connectivity index (χ0v) is 13.4. The molecule has 1 aromatic heterocycles. The first-order valence-electron chi connectivity index (χ1n) is 7.11. The first-order chi connectivity index (χ1) is 11.9. The maximum Gasteiger partial charge on any atom is 0.420 e. The van der Waals surface area contributed by atoms with Gasteiger partial charge in [0.1, 0.15) is 16.4 Å². The second kappa shape index (κ2) is 7.10. The molecule has 0 aliphatic rings. The van der Waals surface area contributed by atoms with Crippen LogP contribution in [0.4, 0.5) is 29.2 Å². The van der Waals surface area contributed by atoms with Crippen molar-refractivity contribution in [2.75, 3.05) is 5.32 Å². The molecule has 128 valence electrons.